The summed E-state index contributed by atoms with van der Waals surface area (Å²) in [5, 5.41) is 2.00. The molecule has 2 rings (SSSR count). The van der Waals surface area contributed by atoms with E-state index in [2.05, 4.69) is 0 Å². The molecule has 0 spiro atoms. The quantitative estimate of drug-likeness (QED) is 0.788. The number of benzene rings is 1. The number of amides is 1. The fraction of sp³-hybridized carbons (Fsp3) is 0.312. The lowest BCUT2D eigenvalue weighted by atomic mass is 10.3. The van der Waals surface area contributed by atoms with Gasteiger partial charge in [-0.3, -0.25) is 4.79 Å². The number of likely N-dealkylation sites (N-methyl/N-ethyl adjacent to an activating group) is 1. The lowest BCUT2D eigenvalue weighted by Crippen LogP contribution is -2.30. The van der Waals surface area contributed by atoms with E-state index < -0.39 is 0 Å². The smallest absolute Gasteiger partial charge is 0.260 e. The maximum absolute atomic E-state index is 12.1. The molecule has 0 fully saturated rings. The first kappa shape index (κ1) is 15.4. The van der Waals surface area contributed by atoms with Crippen molar-refractivity contribution < 1.29 is 14.3 Å². The summed E-state index contributed by atoms with van der Waals surface area (Å²) >= 11 is 1.64. The standard InChI is InChI=1S/C16H19NO3S/c1-3-19-14-8-4-5-9-15(14)20-12-16(18)17(2)11-13-7-6-10-21-13/h4-10H,3,11-12H2,1-2H3. The highest BCUT2D eigenvalue weighted by Crippen LogP contribution is 2.26. The lowest BCUT2D eigenvalue weighted by molar-refractivity contribution is -0.132. The average molecular weight is 305 g/mol. The summed E-state index contributed by atoms with van der Waals surface area (Å²) < 4.78 is 11.0. The molecule has 1 aromatic heterocycles. The Hall–Kier alpha value is -2.01. The van der Waals surface area contributed by atoms with E-state index in [1.807, 2.05) is 42.6 Å². The Morgan fingerprint density at radius 1 is 1.14 bits per heavy atom. The molecule has 4 nitrogen and oxygen atoms in total. The van der Waals surface area contributed by atoms with Gasteiger partial charge in [-0.05, 0) is 30.5 Å². The lowest BCUT2D eigenvalue weighted by Gasteiger charge is -2.17. The highest BCUT2D eigenvalue weighted by molar-refractivity contribution is 7.09. The summed E-state index contributed by atoms with van der Waals surface area (Å²) in [5.74, 6) is 1.20. The minimum absolute atomic E-state index is 0.00592. The molecular weight excluding hydrogens is 286 g/mol. The summed E-state index contributed by atoms with van der Waals surface area (Å²) in [6.45, 7) is 3.09. The van der Waals surface area contributed by atoms with Gasteiger partial charge < -0.3 is 14.4 Å². The molecule has 1 aromatic carbocycles. The fourth-order valence-electron chi connectivity index (χ4n) is 1.82. The van der Waals surface area contributed by atoms with Crippen LogP contribution in [0.3, 0.4) is 0 Å². The van der Waals surface area contributed by atoms with Crippen molar-refractivity contribution >= 4 is 17.2 Å². The van der Waals surface area contributed by atoms with E-state index in [-0.39, 0.29) is 12.5 Å². The van der Waals surface area contributed by atoms with E-state index in [1.54, 1.807) is 29.4 Å². The van der Waals surface area contributed by atoms with Crippen molar-refractivity contribution in [1.82, 2.24) is 4.90 Å². The maximum atomic E-state index is 12.1. The Balaban J connectivity index is 1.88. The van der Waals surface area contributed by atoms with Crippen molar-refractivity contribution in [2.75, 3.05) is 20.3 Å². The van der Waals surface area contributed by atoms with Crippen molar-refractivity contribution in [2.24, 2.45) is 0 Å². The summed E-state index contributed by atoms with van der Waals surface area (Å²) in [6, 6.07) is 11.4. The number of hydrogen-bond acceptors (Lipinski definition) is 4. The molecule has 0 bridgehead atoms. The van der Waals surface area contributed by atoms with Gasteiger partial charge in [0.05, 0.1) is 13.2 Å². The van der Waals surface area contributed by atoms with Crippen molar-refractivity contribution in [2.45, 2.75) is 13.5 Å². The van der Waals surface area contributed by atoms with E-state index in [9.17, 15) is 4.79 Å². The SMILES string of the molecule is CCOc1ccccc1OCC(=O)N(C)Cc1cccs1. The van der Waals surface area contributed by atoms with Gasteiger partial charge in [-0.15, -0.1) is 11.3 Å². The molecular formula is C16H19NO3S. The maximum Gasteiger partial charge on any atom is 0.260 e. The van der Waals surface area contributed by atoms with Crippen molar-refractivity contribution in [1.29, 1.82) is 0 Å². The molecule has 1 amide bonds. The van der Waals surface area contributed by atoms with Crippen LogP contribution >= 0.6 is 11.3 Å². The zero-order valence-electron chi connectivity index (χ0n) is 12.2. The minimum atomic E-state index is -0.0605. The van der Waals surface area contributed by atoms with Gasteiger partial charge in [0.25, 0.3) is 5.91 Å². The van der Waals surface area contributed by atoms with Gasteiger partial charge in [0.15, 0.2) is 18.1 Å². The third-order valence-electron chi connectivity index (χ3n) is 2.90. The van der Waals surface area contributed by atoms with Crippen LogP contribution in [-0.4, -0.2) is 31.1 Å². The monoisotopic (exact) mass is 305 g/mol. The molecule has 0 aliphatic rings. The molecule has 21 heavy (non-hydrogen) atoms. The second-order valence-corrected chi connectivity index (χ2v) is 5.53. The first-order valence-corrected chi connectivity index (χ1v) is 7.69. The van der Waals surface area contributed by atoms with Gasteiger partial charge in [-0.1, -0.05) is 18.2 Å². The predicted octanol–water partition coefficient (Wildman–Crippen LogP) is 3.18. The number of thiophene rings is 1. The number of rotatable bonds is 7. The molecule has 0 saturated heterocycles. The van der Waals surface area contributed by atoms with Crippen molar-refractivity contribution in [3.63, 3.8) is 0 Å². The minimum Gasteiger partial charge on any atom is -0.490 e. The van der Waals surface area contributed by atoms with E-state index in [4.69, 9.17) is 9.47 Å². The molecule has 1 heterocycles. The first-order chi connectivity index (χ1) is 10.2. The molecule has 0 N–H and O–H groups in total. The molecule has 112 valence electrons. The Kier molecular flexibility index (Phi) is 5.63. The third kappa shape index (κ3) is 4.49. The van der Waals surface area contributed by atoms with E-state index >= 15 is 0 Å². The number of carbonyl (C=O) groups excluding carboxylic acids is 1. The van der Waals surface area contributed by atoms with Gasteiger partial charge in [-0.2, -0.15) is 0 Å². The highest BCUT2D eigenvalue weighted by Gasteiger charge is 2.12. The molecule has 0 atom stereocenters. The highest BCUT2D eigenvalue weighted by atomic mass is 32.1. The van der Waals surface area contributed by atoms with Crippen molar-refractivity contribution in [3.05, 3.63) is 46.7 Å². The van der Waals surface area contributed by atoms with E-state index in [0.29, 0.717) is 24.7 Å². The van der Waals surface area contributed by atoms with Gasteiger partial charge in [0.1, 0.15) is 0 Å². The van der Waals surface area contributed by atoms with Crippen molar-refractivity contribution in [3.8, 4) is 11.5 Å². The second-order valence-electron chi connectivity index (χ2n) is 4.50. The molecule has 0 unspecified atom stereocenters. The molecule has 0 aliphatic heterocycles. The van der Waals surface area contributed by atoms with Crippen LogP contribution in [0.4, 0.5) is 0 Å². The first-order valence-electron chi connectivity index (χ1n) is 6.81. The van der Waals surface area contributed by atoms with Crippen LogP contribution in [0.5, 0.6) is 11.5 Å². The number of para-hydroxylation sites is 2. The van der Waals surface area contributed by atoms with Gasteiger partial charge in [-0.25, -0.2) is 0 Å². The Bertz CT molecular complexity index is 569. The molecule has 0 radical (unpaired) electrons. The van der Waals surface area contributed by atoms with Crippen LogP contribution in [-0.2, 0) is 11.3 Å². The predicted molar refractivity (Wildman–Crippen MR) is 83.9 cm³/mol. The second kappa shape index (κ2) is 7.69. The number of carbonyl (C=O) groups is 1. The molecule has 2 aromatic rings. The van der Waals surface area contributed by atoms with Crippen LogP contribution in [0.2, 0.25) is 0 Å². The Morgan fingerprint density at radius 3 is 2.48 bits per heavy atom. The Labute approximate surface area is 128 Å². The normalized spacial score (nSPS) is 10.2. The molecule has 5 heteroatoms. The topological polar surface area (TPSA) is 38.8 Å². The summed E-state index contributed by atoms with van der Waals surface area (Å²) in [6.07, 6.45) is 0. The molecule has 0 saturated carbocycles. The summed E-state index contributed by atoms with van der Waals surface area (Å²) in [7, 11) is 1.78. The van der Waals surface area contributed by atoms with Crippen LogP contribution in [0.25, 0.3) is 0 Å². The number of nitrogens with zero attached hydrogens (tertiary/aromatic N) is 1. The van der Waals surface area contributed by atoms with E-state index in [0.717, 1.165) is 4.88 Å². The fourth-order valence-corrected chi connectivity index (χ4v) is 2.58. The third-order valence-corrected chi connectivity index (χ3v) is 3.76. The van der Waals surface area contributed by atoms with E-state index in [1.165, 1.54) is 0 Å². The van der Waals surface area contributed by atoms with Gasteiger partial charge >= 0.3 is 0 Å². The zero-order chi connectivity index (χ0) is 15.1. The Morgan fingerprint density at radius 2 is 1.86 bits per heavy atom. The van der Waals surface area contributed by atoms with Gasteiger partial charge in [0, 0.05) is 11.9 Å². The summed E-state index contributed by atoms with van der Waals surface area (Å²) in [5.41, 5.74) is 0. The van der Waals surface area contributed by atoms with Crippen LogP contribution in [0.15, 0.2) is 41.8 Å². The number of hydrogen-bond donors (Lipinski definition) is 0. The number of ether oxygens (including phenoxy) is 2. The van der Waals surface area contributed by atoms with Gasteiger partial charge in [0.2, 0.25) is 0 Å². The molecule has 0 aliphatic carbocycles. The summed E-state index contributed by atoms with van der Waals surface area (Å²) in [4.78, 5) is 14.9. The van der Waals surface area contributed by atoms with Crippen LogP contribution in [0, 0.1) is 0 Å². The largest absolute Gasteiger partial charge is 0.490 e. The van der Waals surface area contributed by atoms with Crippen LogP contribution < -0.4 is 9.47 Å². The average Bonchev–Trinajstić information content (AvgIpc) is 2.99. The zero-order valence-corrected chi connectivity index (χ0v) is 13.1. The van der Waals surface area contributed by atoms with Crippen LogP contribution in [0.1, 0.15) is 11.8 Å².